The maximum Gasteiger partial charge on any atom is 0.244 e. The minimum absolute atomic E-state index is 0.130. The fourth-order valence-corrected chi connectivity index (χ4v) is 5.88. The van der Waals surface area contributed by atoms with E-state index in [1.807, 2.05) is 30.3 Å². The molecule has 26 heavy (non-hydrogen) atoms. The Hall–Kier alpha value is -2.09. The summed E-state index contributed by atoms with van der Waals surface area (Å²) in [4.78, 5) is 2.57. The van der Waals surface area contributed by atoms with Crippen LogP contribution in [0.1, 0.15) is 24.6 Å². The summed E-state index contributed by atoms with van der Waals surface area (Å²) in [7, 11) is -3.64. The predicted octanol–water partition coefficient (Wildman–Crippen LogP) is 2.58. The molecule has 0 spiro atoms. The van der Waals surface area contributed by atoms with Gasteiger partial charge in [-0.05, 0) is 30.5 Å². The molecule has 2 aromatic carbocycles. The number of fused-ring (bicyclic) bond motifs is 2. The predicted molar refractivity (Wildman–Crippen MR) is 95.4 cm³/mol. The van der Waals surface area contributed by atoms with Crippen molar-refractivity contribution in [1.82, 2.24) is 9.21 Å². The van der Waals surface area contributed by atoms with Crippen molar-refractivity contribution in [2.24, 2.45) is 0 Å². The van der Waals surface area contributed by atoms with Gasteiger partial charge in [-0.15, -0.1) is 0 Å². The van der Waals surface area contributed by atoms with Crippen LogP contribution in [0.3, 0.4) is 0 Å². The summed E-state index contributed by atoms with van der Waals surface area (Å²) in [6.45, 7) is 1.58. The third-order valence-electron chi connectivity index (χ3n) is 5.45. The van der Waals surface area contributed by atoms with E-state index in [1.54, 1.807) is 22.5 Å². The molecule has 0 bridgehead atoms. The molecule has 6 nitrogen and oxygen atoms in total. The number of sulfonamides is 1. The zero-order chi connectivity index (χ0) is 17.7. The SMILES string of the molecule is O=S(=O)(c1ccc2c(c1)OCO2)N1CC2CCCN2C1c1ccccc1. The first-order chi connectivity index (χ1) is 12.6. The van der Waals surface area contributed by atoms with Gasteiger partial charge in [0.15, 0.2) is 11.5 Å². The number of ether oxygens (including phenoxy) is 2. The van der Waals surface area contributed by atoms with Crippen molar-refractivity contribution in [2.75, 3.05) is 19.9 Å². The van der Waals surface area contributed by atoms with Crippen LogP contribution in [0, 0.1) is 0 Å². The molecule has 0 aliphatic carbocycles. The topological polar surface area (TPSA) is 59.1 Å². The molecular weight excluding hydrogens is 352 g/mol. The lowest BCUT2D eigenvalue weighted by atomic mass is 10.1. The Morgan fingerprint density at radius 1 is 1.00 bits per heavy atom. The maximum atomic E-state index is 13.5. The standard InChI is InChI=1S/C19H20N2O4S/c22-26(23,16-8-9-17-18(11-16)25-13-24-17)21-12-15-7-4-10-20(15)19(21)14-5-2-1-3-6-14/h1-3,5-6,8-9,11,15,19H,4,7,10,12-13H2. The van der Waals surface area contributed by atoms with Crippen LogP contribution in [0.2, 0.25) is 0 Å². The molecule has 2 aromatic rings. The molecule has 0 amide bonds. The van der Waals surface area contributed by atoms with E-state index >= 15 is 0 Å². The van der Waals surface area contributed by atoms with E-state index in [-0.39, 0.29) is 23.9 Å². The summed E-state index contributed by atoms with van der Waals surface area (Å²) in [5, 5.41) is 0. The van der Waals surface area contributed by atoms with Gasteiger partial charge in [0.1, 0.15) is 6.17 Å². The first-order valence-corrected chi connectivity index (χ1v) is 10.3. The number of rotatable bonds is 3. The van der Waals surface area contributed by atoms with Gasteiger partial charge in [-0.1, -0.05) is 30.3 Å². The van der Waals surface area contributed by atoms with Crippen molar-refractivity contribution in [3.63, 3.8) is 0 Å². The molecule has 2 saturated heterocycles. The summed E-state index contributed by atoms with van der Waals surface area (Å²) in [6.07, 6.45) is 1.90. The second-order valence-electron chi connectivity index (χ2n) is 6.91. The van der Waals surface area contributed by atoms with Crippen LogP contribution in [0.25, 0.3) is 0 Å². The molecule has 2 unspecified atom stereocenters. The first kappa shape index (κ1) is 16.1. The summed E-state index contributed by atoms with van der Waals surface area (Å²) in [5.41, 5.74) is 1.02. The molecule has 7 heteroatoms. The normalized spacial score (nSPS) is 25.5. The third-order valence-corrected chi connectivity index (χ3v) is 7.26. The molecule has 0 aromatic heterocycles. The van der Waals surface area contributed by atoms with Gasteiger partial charge in [-0.3, -0.25) is 4.90 Å². The summed E-state index contributed by atoms with van der Waals surface area (Å²) in [6, 6.07) is 15.0. The monoisotopic (exact) mass is 372 g/mol. The van der Waals surface area contributed by atoms with Crippen molar-refractivity contribution in [1.29, 1.82) is 0 Å². The highest BCUT2D eigenvalue weighted by molar-refractivity contribution is 7.89. The maximum absolute atomic E-state index is 13.5. The van der Waals surface area contributed by atoms with Crippen LogP contribution in [0.15, 0.2) is 53.4 Å². The fraction of sp³-hybridized carbons (Fsp3) is 0.368. The quantitative estimate of drug-likeness (QED) is 0.829. The third kappa shape index (κ3) is 2.42. The lowest BCUT2D eigenvalue weighted by Gasteiger charge is -2.29. The number of nitrogens with zero attached hydrogens (tertiary/aromatic N) is 2. The van der Waals surface area contributed by atoms with Crippen LogP contribution in [-0.2, 0) is 10.0 Å². The Balaban J connectivity index is 1.56. The Kier molecular flexibility index (Phi) is 3.70. The smallest absolute Gasteiger partial charge is 0.244 e. The molecule has 0 radical (unpaired) electrons. The van der Waals surface area contributed by atoms with Crippen LogP contribution in [-0.4, -0.2) is 43.5 Å². The van der Waals surface area contributed by atoms with Gasteiger partial charge < -0.3 is 9.47 Å². The number of benzene rings is 2. The van der Waals surface area contributed by atoms with Crippen molar-refractivity contribution < 1.29 is 17.9 Å². The molecule has 2 fully saturated rings. The van der Waals surface area contributed by atoms with Crippen molar-refractivity contribution >= 4 is 10.0 Å². The van der Waals surface area contributed by atoms with Gasteiger partial charge in [-0.25, -0.2) is 8.42 Å². The van der Waals surface area contributed by atoms with Crippen LogP contribution >= 0.6 is 0 Å². The van der Waals surface area contributed by atoms with Crippen LogP contribution < -0.4 is 9.47 Å². The van der Waals surface area contributed by atoms with E-state index in [4.69, 9.17) is 9.47 Å². The van der Waals surface area contributed by atoms with Crippen LogP contribution in [0.4, 0.5) is 0 Å². The van der Waals surface area contributed by atoms with Gasteiger partial charge in [0.25, 0.3) is 0 Å². The first-order valence-electron chi connectivity index (χ1n) is 8.87. The molecule has 3 aliphatic heterocycles. The Morgan fingerprint density at radius 3 is 2.65 bits per heavy atom. The largest absolute Gasteiger partial charge is 0.454 e. The van der Waals surface area contributed by atoms with E-state index in [0.29, 0.717) is 18.0 Å². The van der Waals surface area contributed by atoms with Gasteiger partial charge in [-0.2, -0.15) is 4.31 Å². The van der Waals surface area contributed by atoms with E-state index in [0.717, 1.165) is 24.9 Å². The summed E-state index contributed by atoms with van der Waals surface area (Å²) >= 11 is 0. The summed E-state index contributed by atoms with van der Waals surface area (Å²) in [5.74, 6) is 1.08. The highest BCUT2D eigenvalue weighted by atomic mass is 32.2. The van der Waals surface area contributed by atoms with Gasteiger partial charge in [0.05, 0.1) is 4.90 Å². The zero-order valence-electron chi connectivity index (χ0n) is 14.2. The lowest BCUT2D eigenvalue weighted by molar-refractivity contribution is 0.174. The van der Waals surface area contributed by atoms with Gasteiger partial charge in [0.2, 0.25) is 16.8 Å². The van der Waals surface area contributed by atoms with E-state index in [2.05, 4.69) is 4.90 Å². The minimum Gasteiger partial charge on any atom is -0.454 e. The molecule has 3 aliphatic rings. The van der Waals surface area contributed by atoms with E-state index in [9.17, 15) is 8.42 Å². The molecule has 3 heterocycles. The Bertz CT molecular complexity index is 932. The molecule has 2 atom stereocenters. The fourth-order valence-electron chi connectivity index (χ4n) is 4.23. The molecular formula is C19H20N2O4S. The van der Waals surface area contributed by atoms with Gasteiger partial charge in [0, 0.05) is 25.2 Å². The lowest BCUT2D eigenvalue weighted by Crippen LogP contribution is -2.35. The average molecular weight is 372 g/mol. The number of hydrogen-bond donors (Lipinski definition) is 0. The Labute approximate surface area is 153 Å². The zero-order valence-corrected chi connectivity index (χ0v) is 15.1. The minimum atomic E-state index is -3.64. The van der Waals surface area contributed by atoms with Crippen molar-refractivity contribution in [3.8, 4) is 11.5 Å². The molecule has 0 saturated carbocycles. The highest BCUT2D eigenvalue weighted by Gasteiger charge is 2.48. The van der Waals surface area contributed by atoms with Crippen LogP contribution in [0.5, 0.6) is 11.5 Å². The van der Waals surface area contributed by atoms with Gasteiger partial charge >= 0.3 is 0 Å². The number of hydrogen-bond acceptors (Lipinski definition) is 5. The van der Waals surface area contributed by atoms with E-state index in [1.165, 1.54) is 0 Å². The highest BCUT2D eigenvalue weighted by Crippen LogP contribution is 2.43. The second kappa shape index (κ2) is 5.97. The molecule has 136 valence electrons. The molecule has 5 rings (SSSR count). The van der Waals surface area contributed by atoms with Crippen molar-refractivity contribution in [3.05, 3.63) is 54.1 Å². The second-order valence-corrected chi connectivity index (χ2v) is 8.80. The summed E-state index contributed by atoms with van der Waals surface area (Å²) < 4.78 is 39.2. The Morgan fingerprint density at radius 2 is 1.81 bits per heavy atom. The van der Waals surface area contributed by atoms with E-state index < -0.39 is 10.0 Å². The molecule has 0 N–H and O–H groups in total. The average Bonchev–Trinajstić information content (AvgIpc) is 3.36. The van der Waals surface area contributed by atoms with Crippen molar-refractivity contribution in [2.45, 2.75) is 29.9 Å².